The molecule has 0 aromatic rings. The minimum Gasteiger partial charge on any atom is -0.446 e. The Bertz CT molecular complexity index is 127. The van der Waals surface area contributed by atoms with E-state index < -0.39 is 0 Å². The van der Waals surface area contributed by atoms with Gasteiger partial charge in [0.2, 0.25) is 0 Å². The van der Waals surface area contributed by atoms with Gasteiger partial charge in [-0.25, -0.2) is 0 Å². The van der Waals surface area contributed by atoms with Crippen LogP contribution < -0.4 is 16.8 Å². The van der Waals surface area contributed by atoms with Gasteiger partial charge in [0, 0.05) is 78.4 Å². The van der Waals surface area contributed by atoms with Gasteiger partial charge < -0.3 is 21.8 Å². The Balaban J connectivity index is -0.000000320. The second-order valence-electron chi connectivity index (χ2n) is 1.28. The topological polar surface area (TPSA) is 88.8 Å². The number of hydrogen-bond acceptors (Lipinski definition) is 2. The van der Waals surface area contributed by atoms with Gasteiger partial charge in [-0.2, -0.15) is 7.05 Å². The third-order valence-electron chi connectivity index (χ3n) is 0.667. The summed E-state index contributed by atoms with van der Waals surface area (Å²) in [7, 11) is 4.70. The normalized spacial score (nSPS) is 11.0. The van der Waals surface area contributed by atoms with E-state index in [1.165, 1.54) is 0 Å². The minimum atomic E-state index is 0. The Morgan fingerprint density at radius 2 is 1.73 bits per heavy atom. The fourth-order valence-corrected chi connectivity index (χ4v) is 0.227. The number of nitrogens with one attached hydrogen (secondary N) is 1. The molecule has 0 aromatic heterocycles. The third kappa shape index (κ3) is 10.8. The quantitative estimate of drug-likeness (QED) is 0.293. The molecular weight excluding hydrogens is 296 g/mol. The molecule has 2 radical (unpaired) electrons. The molecule has 11 heavy (non-hydrogen) atoms. The first-order valence-electron chi connectivity index (χ1n) is 2.29. The van der Waals surface area contributed by atoms with Crippen molar-refractivity contribution in [3.05, 3.63) is 7.05 Å². The maximum Gasteiger partial charge on any atom is 0.178 e. The second-order valence-corrected chi connectivity index (χ2v) is 1.28. The maximum atomic E-state index is 5.20. The summed E-state index contributed by atoms with van der Waals surface area (Å²) < 4.78 is 0. The molecule has 7 heteroatoms. The van der Waals surface area contributed by atoms with E-state index in [4.69, 9.17) is 11.5 Å². The molecule has 0 saturated carbocycles. The van der Waals surface area contributed by atoms with Gasteiger partial charge in [-0.3, -0.25) is 4.99 Å². The van der Waals surface area contributed by atoms with Crippen molar-refractivity contribution in [2.75, 3.05) is 7.05 Å². The van der Waals surface area contributed by atoms with E-state index >= 15 is 0 Å². The molecule has 58 valence electrons. The zero-order valence-corrected chi connectivity index (χ0v) is 12.1. The van der Waals surface area contributed by atoms with Gasteiger partial charge in [-0.15, -0.1) is 0 Å². The summed E-state index contributed by atoms with van der Waals surface area (Å²) in [5.74, 6) is 0.373. The first-order chi connectivity index (χ1) is 4.20. The Hall–Kier alpha value is 0.818. The molecule has 0 heterocycles. The number of nitrogens with two attached hydrogens (primary N) is 2. The number of nitrogens with zero attached hydrogens (tertiary/aromatic N) is 2. The summed E-state index contributed by atoms with van der Waals surface area (Å²) in [5.41, 5.74) is 10.4. The van der Waals surface area contributed by atoms with E-state index in [1.807, 2.05) is 0 Å². The number of aliphatic imine (C=N–C) groups is 2. The molecule has 0 rings (SSSR count). The average Bonchev–Trinajstić information content (AvgIpc) is 1.87. The van der Waals surface area contributed by atoms with Crippen molar-refractivity contribution < 1.29 is 65.4 Å². The number of hydrogen-bond donors (Lipinski definition) is 3. The fraction of sp³-hybridized carbons (Fsp3) is 0.250. The van der Waals surface area contributed by atoms with Crippen LogP contribution >= 0.6 is 0 Å². The Labute approximate surface area is 117 Å². The van der Waals surface area contributed by atoms with Gasteiger partial charge in [0.25, 0.3) is 0 Å². The molecule has 0 unspecified atom stereocenters. The Morgan fingerprint density at radius 3 is 2.00 bits per heavy atom. The standard InChI is InChI=1S/C4H10N5.2Y/c1-7-3(5)9-4(6)8-2;;/h1H2,2H3,(H5,5,6,7,8,9);;/q-1;;. The van der Waals surface area contributed by atoms with Gasteiger partial charge >= 0.3 is 0 Å². The summed E-state index contributed by atoms with van der Waals surface area (Å²) in [4.78, 5) is 6.92. The van der Waals surface area contributed by atoms with Crippen molar-refractivity contribution in [3.8, 4) is 0 Å². The molecule has 0 aromatic carbocycles. The third-order valence-corrected chi connectivity index (χ3v) is 0.667. The smallest absolute Gasteiger partial charge is 0.178 e. The Kier molecular flexibility index (Phi) is 17.5. The van der Waals surface area contributed by atoms with Crippen molar-refractivity contribution in [1.82, 2.24) is 5.32 Å². The monoisotopic (exact) mass is 306 g/mol. The van der Waals surface area contributed by atoms with E-state index in [0.29, 0.717) is 0 Å². The van der Waals surface area contributed by atoms with E-state index in [2.05, 4.69) is 22.3 Å². The predicted octanol–water partition coefficient (Wildman–Crippen LogP) is -1.38. The molecule has 0 spiro atoms. The van der Waals surface area contributed by atoms with Crippen molar-refractivity contribution >= 4 is 11.9 Å². The fourth-order valence-electron chi connectivity index (χ4n) is 0.227. The summed E-state index contributed by atoms with van der Waals surface area (Å²) in [6.45, 7) is 0. The molecule has 5 nitrogen and oxygen atoms in total. The summed E-state index contributed by atoms with van der Waals surface area (Å²) in [6.07, 6.45) is 0. The van der Waals surface area contributed by atoms with E-state index in [-0.39, 0.29) is 77.3 Å². The molecule has 5 N–H and O–H groups in total. The molecule has 0 amide bonds. The number of rotatable bonds is 0. The van der Waals surface area contributed by atoms with Crippen LogP contribution in [-0.4, -0.2) is 19.0 Å². The van der Waals surface area contributed by atoms with Crippen molar-refractivity contribution in [2.24, 2.45) is 21.5 Å². The molecule has 0 atom stereocenters. The molecule has 0 aliphatic rings. The van der Waals surface area contributed by atoms with Gasteiger partial charge in [0.1, 0.15) is 0 Å². The van der Waals surface area contributed by atoms with Crippen molar-refractivity contribution in [1.29, 1.82) is 0 Å². The van der Waals surface area contributed by atoms with E-state index in [1.54, 1.807) is 7.05 Å². The largest absolute Gasteiger partial charge is 0.446 e. The van der Waals surface area contributed by atoms with E-state index in [9.17, 15) is 0 Å². The molecule has 0 fully saturated rings. The van der Waals surface area contributed by atoms with Crippen LogP contribution in [0.1, 0.15) is 0 Å². The van der Waals surface area contributed by atoms with Crippen LogP contribution in [0.2, 0.25) is 0 Å². The Morgan fingerprint density at radius 1 is 1.27 bits per heavy atom. The predicted molar refractivity (Wildman–Crippen MR) is 37.7 cm³/mol. The van der Waals surface area contributed by atoms with Crippen LogP contribution in [0.25, 0.3) is 0 Å². The number of guanidine groups is 2. The van der Waals surface area contributed by atoms with Crippen LogP contribution in [-0.2, 0) is 65.4 Å². The zero-order valence-electron chi connectivity index (χ0n) is 6.41. The molecular formula is C4H10N5Y2-. The second kappa shape index (κ2) is 10.8. The van der Waals surface area contributed by atoms with Crippen LogP contribution in [0.4, 0.5) is 0 Å². The van der Waals surface area contributed by atoms with Crippen molar-refractivity contribution in [2.45, 2.75) is 0 Å². The first kappa shape index (κ1) is 17.8. The molecule has 0 bridgehead atoms. The minimum absolute atomic E-state index is 0. The maximum absolute atomic E-state index is 5.20. The van der Waals surface area contributed by atoms with E-state index in [0.717, 1.165) is 0 Å². The van der Waals surface area contributed by atoms with Gasteiger partial charge in [-0.05, 0) is 0 Å². The molecule has 0 aliphatic carbocycles. The SMILES string of the molecule is [CH2-]N=C(N)NC(N)=NC.[Y].[Y]. The summed E-state index contributed by atoms with van der Waals surface area (Å²) in [5, 5.41) is 2.47. The first-order valence-corrected chi connectivity index (χ1v) is 2.29. The van der Waals surface area contributed by atoms with Crippen molar-refractivity contribution in [3.63, 3.8) is 0 Å². The van der Waals surface area contributed by atoms with Gasteiger partial charge in [0.05, 0.1) is 0 Å². The van der Waals surface area contributed by atoms with Crippen LogP contribution in [0, 0.1) is 7.05 Å². The molecule has 0 aliphatic heterocycles. The van der Waals surface area contributed by atoms with Gasteiger partial charge in [0.15, 0.2) is 5.96 Å². The van der Waals surface area contributed by atoms with Crippen LogP contribution in [0.5, 0.6) is 0 Å². The van der Waals surface area contributed by atoms with Crippen LogP contribution in [0.3, 0.4) is 0 Å². The summed E-state index contributed by atoms with van der Waals surface area (Å²) in [6, 6.07) is 0. The average molecular weight is 306 g/mol. The zero-order chi connectivity index (χ0) is 7.28. The van der Waals surface area contributed by atoms with Crippen LogP contribution in [0.15, 0.2) is 9.98 Å². The van der Waals surface area contributed by atoms with Gasteiger partial charge in [-0.1, -0.05) is 0 Å². The molecule has 0 saturated heterocycles. The summed E-state index contributed by atoms with van der Waals surface area (Å²) >= 11 is 0.